The van der Waals surface area contributed by atoms with Crippen LogP contribution in [0.4, 0.5) is 11.4 Å². The molecule has 0 fully saturated rings. The summed E-state index contributed by atoms with van der Waals surface area (Å²) in [5, 5.41) is 5.10. The molecule has 1 aromatic heterocycles. The van der Waals surface area contributed by atoms with Crippen molar-refractivity contribution < 1.29 is 4.79 Å². The largest absolute Gasteiger partial charge is 0.398 e. The summed E-state index contributed by atoms with van der Waals surface area (Å²) < 4.78 is 1.68. The van der Waals surface area contributed by atoms with E-state index in [9.17, 15) is 4.79 Å². The Kier molecular flexibility index (Phi) is 6.45. The van der Waals surface area contributed by atoms with Crippen LogP contribution >= 0.6 is 24.0 Å². The van der Waals surface area contributed by atoms with Gasteiger partial charge in [-0.05, 0) is 49.1 Å². The highest BCUT2D eigenvalue weighted by atomic mass is 35.5. The van der Waals surface area contributed by atoms with E-state index in [1.165, 1.54) is 0 Å². The number of amides is 1. The summed E-state index contributed by atoms with van der Waals surface area (Å²) in [6.45, 7) is 2.69. The lowest BCUT2D eigenvalue weighted by Crippen LogP contribution is -2.36. The number of nitrogens with two attached hydrogens (primary N) is 1. The first-order valence-corrected chi connectivity index (χ1v) is 9.88. The lowest BCUT2D eigenvalue weighted by atomic mass is 10.00. The number of aryl methyl sites for hydroxylation is 1. The van der Waals surface area contributed by atoms with Crippen LogP contribution in [0.15, 0.2) is 42.5 Å². The minimum Gasteiger partial charge on any atom is -0.398 e. The van der Waals surface area contributed by atoms with Crippen molar-refractivity contribution in [2.45, 2.75) is 32.6 Å². The highest BCUT2D eigenvalue weighted by molar-refractivity contribution is 6.32. The van der Waals surface area contributed by atoms with E-state index in [1.54, 1.807) is 15.6 Å². The molecule has 0 spiro atoms. The average molecular weight is 432 g/mol. The molecular formula is C21H23Cl2N5O. The predicted octanol–water partition coefficient (Wildman–Crippen LogP) is 4.47. The number of rotatable bonds is 4. The van der Waals surface area contributed by atoms with Gasteiger partial charge in [0.05, 0.1) is 10.7 Å². The topological polar surface area (TPSA) is 77.0 Å². The Morgan fingerprint density at radius 3 is 2.69 bits per heavy atom. The first kappa shape index (κ1) is 21.1. The Morgan fingerprint density at radius 2 is 1.93 bits per heavy atom. The summed E-state index contributed by atoms with van der Waals surface area (Å²) in [4.78, 5) is 19.6. The fourth-order valence-electron chi connectivity index (χ4n) is 3.62. The van der Waals surface area contributed by atoms with Crippen LogP contribution in [0.1, 0.15) is 41.8 Å². The Hall–Kier alpha value is -2.57. The molecule has 0 unspecified atom stereocenters. The fraction of sp³-hybridized carbons (Fsp3) is 0.286. The fourth-order valence-corrected chi connectivity index (χ4v) is 3.84. The Bertz CT molecular complexity index is 1030. The molecule has 1 amide bonds. The molecule has 8 heteroatoms. The molecule has 1 aliphatic heterocycles. The Balaban J connectivity index is 0.00000240. The van der Waals surface area contributed by atoms with Gasteiger partial charge in [-0.1, -0.05) is 36.7 Å². The van der Waals surface area contributed by atoms with Gasteiger partial charge in [-0.2, -0.15) is 0 Å². The number of fused-ring (bicyclic) bond motifs is 1. The van der Waals surface area contributed by atoms with Gasteiger partial charge in [-0.3, -0.25) is 4.79 Å². The van der Waals surface area contributed by atoms with E-state index >= 15 is 0 Å². The van der Waals surface area contributed by atoms with Gasteiger partial charge in [0.25, 0.3) is 5.91 Å². The zero-order valence-electron chi connectivity index (χ0n) is 16.1. The second-order valence-electron chi connectivity index (χ2n) is 6.87. The first-order chi connectivity index (χ1) is 13.6. The molecule has 4 rings (SSSR count). The normalized spacial score (nSPS) is 13.0. The maximum atomic E-state index is 13.3. The van der Waals surface area contributed by atoms with Crippen molar-refractivity contribution in [3.63, 3.8) is 0 Å². The molecular weight excluding hydrogens is 409 g/mol. The number of aromatic nitrogens is 3. The molecule has 6 nitrogen and oxygen atoms in total. The van der Waals surface area contributed by atoms with Crippen LogP contribution in [-0.2, 0) is 12.8 Å². The summed E-state index contributed by atoms with van der Waals surface area (Å²) in [6, 6.07) is 13.1. The third-order valence-corrected chi connectivity index (χ3v) is 5.27. The molecule has 2 aromatic carbocycles. The van der Waals surface area contributed by atoms with Crippen molar-refractivity contribution >= 4 is 41.3 Å². The maximum Gasteiger partial charge on any atom is 0.297 e. The number of hydrogen-bond acceptors (Lipinski definition) is 4. The van der Waals surface area contributed by atoms with Crippen LogP contribution in [0.2, 0.25) is 5.02 Å². The van der Waals surface area contributed by atoms with E-state index in [0.717, 1.165) is 47.7 Å². The van der Waals surface area contributed by atoms with Crippen molar-refractivity contribution in [2.75, 3.05) is 17.2 Å². The standard InChI is InChI=1S/C21H22ClN5O.ClH/c1-2-7-19-24-20(25-27(19)18-11-4-3-9-15(18)22)21(28)26-13-6-8-14-16(23)10-5-12-17(14)26;/h3-5,9-12H,2,6-8,13,23H2,1H3;1H. The van der Waals surface area contributed by atoms with Gasteiger partial charge in [0.15, 0.2) is 0 Å². The van der Waals surface area contributed by atoms with Crippen LogP contribution in [0, 0.1) is 0 Å². The quantitative estimate of drug-likeness (QED) is 0.618. The third kappa shape index (κ3) is 3.95. The average Bonchev–Trinajstić information content (AvgIpc) is 3.12. The number of nitrogens with zero attached hydrogens (tertiary/aromatic N) is 4. The van der Waals surface area contributed by atoms with Crippen LogP contribution in [-0.4, -0.2) is 27.2 Å². The third-order valence-electron chi connectivity index (χ3n) is 4.95. The lowest BCUT2D eigenvalue weighted by molar-refractivity contribution is 0.0975. The predicted molar refractivity (Wildman–Crippen MR) is 118 cm³/mol. The number of para-hydroxylation sites is 1. The minimum absolute atomic E-state index is 0. The van der Waals surface area contributed by atoms with E-state index in [-0.39, 0.29) is 24.1 Å². The molecule has 1 aliphatic rings. The Labute approximate surface area is 181 Å². The molecule has 0 saturated heterocycles. The number of nitrogen functional groups attached to an aromatic ring is 1. The molecule has 2 N–H and O–H groups in total. The van der Waals surface area contributed by atoms with E-state index in [2.05, 4.69) is 17.0 Å². The number of carbonyl (C=O) groups is 1. The number of carbonyl (C=O) groups excluding carboxylic acids is 1. The SMILES string of the molecule is CCCc1nc(C(=O)N2CCCc3c(N)cccc32)nn1-c1ccccc1Cl.Cl. The first-order valence-electron chi connectivity index (χ1n) is 9.50. The summed E-state index contributed by atoms with van der Waals surface area (Å²) >= 11 is 6.35. The van der Waals surface area contributed by atoms with Gasteiger partial charge in [-0.15, -0.1) is 17.5 Å². The second-order valence-corrected chi connectivity index (χ2v) is 7.28. The van der Waals surface area contributed by atoms with Crippen molar-refractivity contribution in [1.82, 2.24) is 14.8 Å². The van der Waals surface area contributed by atoms with E-state index < -0.39 is 0 Å². The monoisotopic (exact) mass is 431 g/mol. The van der Waals surface area contributed by atoms with Gasteiger partial charge < -0.3 is 10.6 Å². The molecule has 0 bridgehead atoms. The van der Waals surface area contributed by atoms with Crippen LogP contribution in [0.3, 0.4) is 0 Å². The minimum atomic E-state index is -0.213. The summed E-state index contributed by atoms with van der Waals surface area (Å²) in [7, 11) is 0. The molecule has 29 heavy (non-hydrogen) atoms. The Morgan fingerprint density at radius 1 is 1.17 bits per heavy atom. The summed E-state index contributed by atoms with van der Waals surface area (Å²) in [5.41, 5.74) is 9.42. The van der Waals surface area contributed by atoms with Gasteiger partial charge >= 0.3 is 0 Å². The number of benzene rings is 2. The maximum absolute atomic E-state index is 13.3. The zero-order chi connectivity index (χ0) is 19.7. The molecule has 152 valence electrons. The molecule has 0 aliphatic carbocycles. The lowest BCUT2D eigenvalue weighted by Gasteiger charge is -2.29. The highest BCUT2D eigenvalue weighted by Crippen LogP contribution is 2.32. The van der Waals surface area contributed by atoms with E-state index in [4.69, 9.17) is 17.3 Å². The van der Waals surface area contributed by atoms with Crippen LogP contribution in [0.5, 0.6) is 0 Å². The van der Waals surface area contributed by atoms with Crippen molar-refractivity contribution in [3.05, 3.63) is 64.7 Å². The van der Waals surface area contributed by atoms with E-state index in [1.807, 2.05) is 36.4 Å². The van der Waals surface area contributed by atoms with Crippen LogP contribution < -0.4 is 10.6 Å². The smallest absolute Gasteiger partial charge is 0.297 e. The summed E-state index contributed by atoms with van der Waals surface area (Å²) in [6.07, 6.45) is 3.32. The van der Waals surface area contributed by atoms with Gasteiger partial charge in [0.1, 0.15) is 5.82 Å². The van der Waals surface area contributed by atoms with Crippen molar-refractivity contribution in [3.8, 4) is 5.69 Å². The van der Waals surface area contributed by atoms with Gasteiger partial charge in [0, 0.05) is 24.3 Å². The summed E-state index contributed by atoms with van der Waals surface area (Å²) in [5.74, 6) is 0.692. The molecule has 0 saturated carbocycles. The molecule has 2 heterocycles. The zero-order valence-corrected chi connectivity index (χ0v) is 17.7. The second kappa shape index (κ2) is 8.84. The molecule has 0 radical (unpaired) electrons. The van der Waals surface area contributed by atoms with Crippen molar-refractivity contribution in [1.29, 1.82) is 0 Å². The number of hydrogen-bond donors (Lipinski definition) is 1. The molecule has 3 aromatic rings. The molecule has 0 atom stereocenters. The number of anilines is 2. The highest BCUT2D eigenvalue weighted by Gasteiger charge is 2.28. The van der Waals surface area contributed by atoms with Crippen LogP contribution in [0.25, 0.3) is 5.69 Å². The number of halogens is 2. The van der Waals surface area contributed by atoms with Crippen molar-refractivity contribution in [2.24, 2.45) is 0 Å². The van der Waals surface area contributed by atoms with E-state index in [0.29, 0.717) is 18.0 Å². The van der Waals surface area contributed by atoms with Gasteiger partial charge in [-0.25, -0.2) is 9.67 Å². The van der Waals surface area contributed by atoms with Gasteiger partial charge in [0.2, 0.25) is 5.82 Å².